The summed E-state index contributed by atoms with van der Waals surface area (Å²) in [6.07, 6.45) is -0.0559. The second-order valence-corrected chi connectivity index (χ2v) is 8.14. The van der Waals surface area contributed by atoms with E-state index in [4.69, 9.17) is 19.5 Å². The van der Waals surface area contributed by atoms with Crippen molar-refractivity contribution in [3.05, 3.63) is 53.6 Å². The summed E-state index contributed by atoms with van der Waals surface area (Å²) >= 11 is 0. The van der Waals surface area contributed by atoms with Crippen LogP contribution in [0.3, 0.4) is 0 Å². The van der Waals surface area contributed by atoms with Gasteiger partial charge in [-0.2, -0.15) is 5.26 Å². The third-order valence-corrected chi connectivity index (χ3v) is 5.83. The second kappa shape index (κ2) is 10.8. The number of nitrogens with one attached hydrogen (secondary N) is 1. The molecular formula is C25H26N4O6. The number of rotatable bonds is 8. The minimum absolute atomic E-state index is 0.0559. The number of anilines is 1. The third-order valence-electron chi connectivity index (χ3n) is 5.83. The Labute approximate surface area is 203 Å². The molecule has 0 spiro atoms. The number of nitriles is 1. The maximum atomic E-state index is 12.9. The van der Waals surface area contributed by atoms with Gasteiger partial charge in [-0.1, -0.05) is 6.07 Å². The fraction of sp³-hybridized carbons (Fsp3) is 0.360. The van der Waals surface area contributed by atoms with Crippen LogP contribution < -0.4 is 19.7 Å². The van der Waals surface area contributed by atoms with Crippen LogP contribution in [0.15, 0.2) is 42.5 Å². The van der Waals surface area contributed by atoms with Gasteiger partial charge in [-0.25, -0.2) is 0 Å². The van der Waals surface area contributed by atoms with Gasteiger partial charge in [0.25, 0.3) is 0 Å². The molecule has 2 aliphatic heterocycles. The smallest absolute Gasteiger partial charge is 0.308 e. The molecule has 2 aromatic carbocycles. The molecule has 10 nitrogen and oxygen atoms in total. The predicted octanol–water partition coefficient (Wildman–Crippen LogP) is 1.75. The summed E-state index contributed by atoms with van der Waals surface area (Å²) in [4.78, 5) is 41.2. The molecule has 1 atom stereocenters. The molecule has 182 valence electrons. The SMILES string of the molecule is CCOC(=O)CC(NC(=O)CN1CCN(c2ccc(C#N)cc2)CC1=O)c1ccc2c(c1)OCO2. The van der Waals surface area contributed by atoms with Crippen LogP contribution in [0, 0.1) is 11.3 Å². The quantitative estimate of drug-likeness (QED) is 0.570. The highest BCUT2D eigenvalue weighted by atomic mass is 16.7. The molecule has 1 fully saturated rings. The van der Waals surface area contributed by atoms with E-state index in [-0.39, 0.29) is 44.7 Å². The average Bonchev–Trinajstić information content (AvgIpc) is 3.33. The molecule has 2 amide bonds. The summed E-state index contributed by atoms with van der Waals surface area (Å²) in [7, 11) is 0. The molecule has 2 aromatic rings. The van der Waals surface area contributed by atoms with Crippen LogP contribution in [-0.4, -0.2) is 62.3 Å². The Hall–Kier alpha value is -4.26. The van der Waals surface area contributed by atoms with Gasteiger partial charge in [-0.05, 0) is 48.9 Å². The van der Waals surface area contributed by atoms with Crippen LogP contribution in [0.1, 0.15) is 30.5 Å². The van der Waals surface area contributed by atoms with Crippen molar-refractivity contribution < 1.29 is 28.6 Å². The van der Waals surface area contributed by atoms with Crippen LogP contribution >= 0.6 is 0 Å². The Balaban J connectivity index is 1.38. The van der Waals surface area contributed by atoms with Crippen molar-refractivity contribution in [3.63, 3.8) is 0 Å². The summed E-state index contributed by atoms with van der Waals surface area (Å²) in [6.45, 7) is 3.01. The average molecular weight is 479 g/mol. The Bertz CT molecular complexity index is 1140. The lowest BCUT2D eigenvalue weighted by molar-refractivity contribution is -0.144. The van der Waals surface area contributed by atoms with Gasteiger partial charge >= 0.3 is 5.97 Å². The van der Waals surface area contributed by atoms with E-state index < -0.39 is 12.0 Å². The van der Waals surface area contributed by atoms with E-state index in [1.165, 1.54) is 4.90 Å². The first-order valence-electron chi connectivity index (χ1n) is 11.3. The lowest BCUT2D eigenvalue weighted by atomic mass is 10.0. The van der Waals surface area contributed by atoms with Crippen molar-refractivity contribution in [3.8, 4) is 17.6 Å². The molecule has 10 heteroatoms. The number of benzene rings is 2. The third kappa shape index (κ3) is 5.81. The van der Waals surface area contributed by atoms with E-state index in [0.717, 1.165) is 5.69 Å². The fourth-order valence-corrected chi connectivity index (χ4v) is 4.02. The van der Waals surface area contributed by atoms with Gasteiger partial charge in [0.1, 0.15) is 0 Å². The lowest BCUT2D eigenvalue weighted by Crippen LogP contribution is -2.53. The van der Waals surface area contributed by atoms with E-state index in [9.17, 15) is 14.4 Å². The van der Waals surface area contributed by atoms with Crippen LogP contribution in [0.4, 0.5) is 5.69 Å². The van der Waals surface area contributed by atoms with Crippen molar-refractivity contribution >= 4 is 23.5 Å². The van der Waals surface area contributed by atoms with Gasteiger partial charge in [0.2, 0.25) is 18.6 Å². The summed E-state index contributed by atoms with van der Waals surface area (Å²) in [5.74, 6) is 0.140. The Morgan fingerprint density at radius 1 is 1.14 bits per heavy atom. The normalized spacial score (nSPS) is 15.4. The predicted molar refractivity (Wildman–Crippen MR) is 125 cm³/mol. The summed E-state index contributed by atoms with van der Waals surface area (Å²) in [6, 6.07) is 13.7. The zero-order valence-corrected chi connectivity index (χ0v) is 19.4. The number of esters is 1. The molecule has 1 saturated heterocycles. The molecule has 0 radical (unpaired) electrons. The van der Waals surface area contributed by atoms with Gasteiger partial charge < -0.3 is 29.3 Å². The van der Waals surface area contributed by atoms with Crippen LogP contribution in [0.25, 0.3) is 0 Å². The number of amides is 2. The first-order chi connectivity index (χ1) is 17.0. The van der Waals surface area contributed by atoms with Crippen molar-refractivity contribution in [2.75, 3.05) is 44.5 Å². The lowest BCUT2D eigenvalue weighted by Gasteiger charge is -2.35. The Morgan fingerprint density at radius 3 is 2.63 bits per heavy atom. The molecule has 2 aliphatic rings. The largest absolute Gasteiger partial charge is 0.466 e. The molecule has 0 aromatic heterocycles. The maximum absolute atomic E-state index is 12.9. The Kier molecular flexibility index (Phi) is 7.35. The zero-order valence-electron chi connectivity index (χ0n) is 19.4. The molecule has 0 saturated carbocycles. The van der Waals surface area contributed by atoms with Crippen molar-refractivity contribution in [1.82, 2.24) is 10.2 Å². The van der Waals surface area contributed by atoms with Crippen molar-refractivity contribution in [2.24, 2.45) is 0 Å². The van der Waals surface area contributed by atoms with Gasteiger partial charge in [0.05, 0.1) is 43.8 Å². The minimum Gasteiger partial charge on any atom is -0.466 e. The molecule has 1 N–H and O–H groups in total. The zero-order chi connectivity index (χ0) is 24.8. The second-order valence-electron chi connectivity index (χ2n) is 8.14. The minimum atomic E-state index is -0.647. The van der Waals surface area contributed by atoms with E-state index in [2.05, 4.69) is 11.4 Å². The summed E-state index contributed by atoms with van der Waals surface area (Å²) in [5.41, 5.74) is 2.07. The van der Waals surface area contributed by atoms with Gasteiger partial charge in [0.15, 0.2) is 11.5 Å². The number of carbonyl (C=O) groups excluding carboxylic acids is 3. The van der Waals surface area contributed by atoms with E-state index in [0.29, 0.717) is 35.7 Å². The van der Waals surface area contributed by atoms with Crippen LogP contribution in [0.2, 0.25) is 0 Å². The topological polar surface area (TPSA) is 121 Å². The first-order valence-corrected chi connectivity index (χ1v) is 11.3. The highest BCUT2D eigenvalue weighted by Crippen LogP contribution is 2.35. The monoisotopic (exact) mass is 478 g/mol. The molecule has 0 aliphatic carbocycles. The maximum Gasteiger partial charge on any atom is 0.308 e. The van der Waals surface area contributed by atoms with Crippen LogP contribution in [0.5, 0.6) is 11.5 Å². The first kappa shape index (κ1) is 23.9. The van der Waals surface area contributed by atoms with Gasteiger partial charge in [-0.15, -0.1) is 0 Å². The standard InChI is InChI=1S/C25H26N4O6/c1-2-33-25(32)12-20(18-5-8-21-22(11-18)35-16-34-21)27-23(30)14-29-10-9-28(15-24(29)31)19-6-3-17(13-26)4-7-19/h3-8,11,20H,2,9-10,12,14-16H2,1H3,(H,27,30). The highest BCUT2D eigenvalue weighted by Gasteiger charge is 2.28. The summed E-state index contributed by atoms with van der Waals surface area (Å²) in [5, 5.41) is 11.8. The Morgan fingerprint density at radius 2 is 1.91 bits per heavy atom. The number of ether oxygens (including phenoxy) is 3. The van der Waals surface area contributed by atoms with Gasteiger partial charge in [0, 0.05) is 18.8 Å². The highest BCUT2D eigenvalue weighted by molar-refractivity contribution is 5.88. The number of piperazine rings is 1. The molecular weight excluding hydrogens is 452 g/mol. The fourth-order valence-electron chi connectivity index (χ4n) is 4.02. The molecule has 4 rings (SSSR count). The molecule has 0 bridgehead atoms. The van der Waals surface area contributed by atoms with E-state index in [1.807, 2.05) is 4.90 Å². The summed E-state index contributed by atoms with van der Waals surface area (Å²) < 4.78 is 15.8. The van der Waals surface area contributed by atoms with Gasteiger partial charge in [-0.3, -0.25) is 14.4 Å². The number of hydrogen-bond acceptors (Lipinski definition) is 8. The van der Waals surface area contributed by atoms with Crippen LogP contribution in [-0.2, 0) is 19.1 Å². The molecule has 35 heavy (non-hydrogen) atoms. The number of fused-ring (bicyclic) bond motifs is 1. The number of nitrogens with zero attached hydrogens (tertiary/aromatic N) is 3. The number of carbonyl (C=O) groups is 3. The number of hydrogen-bond donors (Lipinski definition) is 1. The molecule has 2 heterocycles. The molecule has 1 unspecified atom stereocenters. The van der Waals surface area contributed by atoms with Crippen molar-refractivity contribution in [2.45, 2.75) is 19.4 Å². The van der Waals surface area contributed by atoms with Crippen molar-refractivity contribution in [1.29, 1.82) is 5.26 Å². The van der Waals surface area contributed by atoms with E-state index in [1.54, 1.807) is 49.4 Å². The van der Waals surface area contributed by atoms with E-state index >= 15 is 0 Å².